The number of thiazole rings is 1. The van der Waals surface area contributed by atoms with Crippen molar-refractivity contribution in [1.29, 1.82) is 0 Å². The zero-order valence-electron chi connectivity index (χ0n) is 10.2. The number of aliphatic carboxylic acids is 1. The summed E-state index contributed by atoms with van der Waals surface area (Å²) in [6.45, 7) is 0. The van der Waals surface area contributed by atoms with Crippen LogP contribution in [0.4, 0.5) is 9.52 Å². The van der Waals surface area contributed by atoms with Crippen molar-refractivity contribution in [3.8, 4) is 0 Å². The second-order valence-corrected chi connectivity index (χ2v) is 6.79. The van der Waals surface area contributed by atoms with Crippen LogP contribution in [0.1, 0.15) is 5.69 Å². The van der Waals surface area contributed by atoms with E-state index < -0.39 is 26.7 Å². The fourth-order valence-corrected chi connectivity index (χ4v) is 3.75. The topological polar surface area (TPSA) is 96.4 Å². The molecule has 112 valence electrons. The van der Waals surface area contributed by atoms with Gasteiger partial charge in [-0.2, -0.15) is 0 Å². The van der Waals surface area contributed by atoms with Gasteiger partial charge in [-0.1, -0.05) is 17.7 Å². The molecule has 1 aromatic heterocycles. The van der Waals surface area contributed by atoms with Gasteiger partial charge in [-0.05, 0) is 12.1 Å². The quantitative estimate of drug-likeness (QED) is 0.862. The van der Waals surface area contributed by atoms with Crippen molar-refractivity contribution in [2.45, 2.75) is 11.3 Å². The molecule has 0 aliphatic rings. The van der Waals surface area contributed by atoms with Crippen LogP contribution >= 0.6 is 22.9 Å². The molecule has 10 heteroatoms. The maximum absolute atomic E-state index is 13.7. The fourth-order valence-electron chi connectivity index (χ4n) is 1.45. The molecular formula is C11H8ClFN2O4S2. The van der Waals surface area contributed by atoms with Crippen LogP contribution in [0, 0.1) is 5.82 Å². The van der Waals surface area contributed by atoms with Gasteiger partial charge in [-0.3, -0.25) is 9.52 Å². The first kappa shape index (κ1) is 15.7. The van der Waals surface area contributed by atoms with Crippen molar-refractivity contribution in [1.82, 2.24) is 4.98 Å². The monoisotopic (exact) mass is 350 g/mol. The lowest BCUT2D eigenvalue weighted by Gasteiger charge is -2.06. The average molecular weight is 351 g/mol. The van der Waals surface area contributed by atoms with Gasteiger partial charge in [-0.15, -0.1) is 11.3 Å². The predicted octanol–water partition coefficient (Wildman–Crippen LogP) is 2.36. The molecule has 2 N–H and O–H groups in total. The van der Waals surface area contributed by atoms with Gasteiger partial charge >= 0.3 is 5.97 Å². The molecule has 1 aromatic carbocycles. The predicted molar refractivity (Wildman–Crippen MR) is 75.7 cm³/mol. The van der Waals surface area contributed by atoms with E-state index in [1.807, 2.05) is 0 Å². The zero-order chi connectivity index (χ0) is 15.6. The number of benzene rings is 1. The summed E-state index contributed by atoms with van der Waals surface area (Å²) in [7, 11) is -4.19. The third-order valence-electron chi connectivity index (χ3n) is 2.31. The van der Waals surface area contributed by atoms with Crippen LogP contribution in [0.5, 0.6) is 0 Å². The van der Waals surface area contributed by atoms with Gasteiger partial charge in [0.1, 0.15) is 4.90 Å². The van der Waals surface area contributed by atoms with Crippen LogP contribution in [0.25, 0.3) is 0 Å². The minimum Gasteiger partial charge on any atom is -0.481 e. The molecule has 0 unspecified atom stereocenters. The van der Waals surface area contributed by atoms with E-state index in [0.29, 0.717) is 0 Å². The summed E-state index contributed by atoms with van der Waals surface area (Å²) in [5.41, 5.74) is 0.205. The highest BCUT2D eigenvalue weighted by Gasteiger charge is 2.22. The maximum atomic E-state index is 13.7. The summed E-state index contributed by atoms with van der Waals surface area (Å²) in [4.78, 5) is 13.7. The van der Waals surface area contributed by atoms with Crippen LogP contribution in [0.3, 0.4) is 0 Å². The molecule has 21 heavy (non-hydrogen) atoms. The number of anilines is 1. The molecule has 2 aromatic rings. The number of carboxylic acids is 1. The first-order valence-electron chi connectivity index (χ1n) is 5.42. The highest BCUT2D eigenvalue weighted by atomic mass is 35.5. The molecule has 0 amide bonds. The van der Waals surface area contributed by atoms with Gasteiger partial charge in [0, 0.05) is 5.38 Å². The minimum absolute atomic E-state index is 0.0503. The SMILES string of the molecule is O=C(O)Cc1csc(NS(=O)(=O)c2cccc(Cl)c2F)n1. The third kappa shape index (κ3) is 3.69. The molecule has 0 aliphatic carbocycles. The minimum atomic E-state index is -4.19. The van der Waals surface area contributed by atoms with Crippen LogP contribution in [0.2, 0.25) is 5.02 Å². The van der Waals surface area contributed by atoms with Gasteiger partial charge in [0.15, 0.2) is 10.9 Å². The second kappa shape index (κ2) is 5.96. The average Bonchev–Trinajstić information content (AvgIpc) is 2.78. The first-order valence-corrected chi connectivity index (χ1v) is 8.16. The number of nitrogens with one attached hydrogen (secondary N) is 1. The lowest BCUT2D eigenvalue weighted by Crippen LogP contribution is -2.14. The maximum Gasteiger partial charge on any atom is 0.309 e. The Morgan fingerprint density at radius 3 is 2.86 bits per heavy atom. The van der Waals surface area contributed by atoms with Crippen molar-refractivity contribution < 1.29 is 22.7 Å². The molecule has 6 nitrogen and oxygen atoms in total. The summed E-state index contributed by atoms with van der Waals surface area (Å²) in [6.07, 6.45) is -0.330. The highest BCUT2D eigenvalue weighted by Crippen LogP contribution is 2.25. The van der Waals surface area contributed by atoms with Crippen molar-refractivity contribution in [2.24, 2.45) is 0 Å². The lowest BCUT2D eigenvalue weighted by molar-refractivity contribution is -0.136. The molecule has 0 saturated carbocycles. The number of aromatic nitrogens is 1. The van der Waals surface area contributed by atoms with E-state index in [2.05, 4.69) is 9.71 Å². The van der Waals surface area contributed by atoms with E-state index in [1.165, 1.54) is 17.5 Å². The van der Waals surface area contributed by atoms with Crippen LogP contribution in [-0.4, -0.2) is 24.5 Å². The molecule has 0 radical (unpaired) electrons. The summed E-state index contributed by atoms with van der Waals surface area (Å²) in [5, 5.41) is 9.65. The molecule has 1 heterocycles. The molecule has 0 bridgehead atoms. The number of sulfonamides is 1. The Labute approximate surface area is 128 Å². The number of nitrogens with zero attached hydrogens (tertiary/aromatic N) is 1. The van der Waals surface area contributed by atoms with Gasteiger partial charge in [0.2, 0.25) is 0 Å². The fraction of sp³-hybridized carbons (Fsp3) is 0.0909. The molecule has 0 atom stereocenters. The number of carbonyl (C=O) groups is 1. The van der Waals surface area contributed by atoms with Crippen LogP contribution in [0.15, 0.2) is 28.5 Å². The Bertz CT molecular complexity index is 791. The van der Waals surface area contributed by atoms with Crippen LogP contribution in [-0.2, 0) is 21.2 Å². The number of carboxylic acid groups (broad SMARTS) is 1. The van der Waals surface area contributed by atoms with E-state index >= 15 is 0 Å². The van der Waals surface area contributed by atoms with Gasteiger partial charge < -0.3 is 5.11 Å². The number of hydrogen-bond acceptors (Lipinski definition) is 5. The molecule has 0 spiro atoms. The van der Waals surface area contributed by atoms with E-state index in [4.69, 9.17) is 16.7 Å². The standard InChI is InChI=1S/C11H8ClFN2O4S2/c12-7-2-1-3-8(10(7)13)21(18,19)15-11-14-6(5-20-11)4-9(16)17/h1-3,5H,4H2,(H,14,15)(H,16,17). The molecular weight excluding hydrogens is 343 g/mol. The van der Waals surface area contributed by atoms with Gasteiger partial charge in [0.05, 0.1) is 17.1 Å². The molecule has 2 rings (SSSR count). The first-order chi connectivity index (χ1) is 9.79. The Morgan fingerprint density at radius 1 is 1.48 bits per heavy atom. The lowest BCUT2D eigenvalue weighted by atomic mass is 10.3. The largest absolute Gasteiger partial charge is 0.481 e. The van der Waals surface area contributed by atoms with Gasteiger partial charge in [0.25, 0.3) is 10.0 Å². The summed E-state index contributed by atoms with van der Waals surface area (Å²) < 4.78 is 39.9. The van der Waals surface area contributed by atoms with Crippen molar-refractivity contribution in [3.05, 3.63) is 40.1 Å². The molecule has 0 saturated heterocycles. The Balaban J connectivity index is 2.27. The highest BCUT2D eigenvalue weighted by molar-refractivity contribution is 7.93. The van der Waals surface area contributed by atoms with E-state index in [0.717, 1.165) is 17.4 Å². The number of rotatable bonds is 5. The van der Waals surface area contributed by atoms with E-state index in [-0.39, 0.29) is 22.3 Å². The Morgan fingerprint density at radius 2 is 2.19 bits per heavy atom. The van der Waals surface area contributed by atoms with E-state index in [9.17, 15) is 17.6 Å². The van der Waals surface area contributed by atoms with E-state index in [1.54, 1.807) is 0 Å². The van der Waals surface area contributed by atoms with Crippen molar-refractivity contribution >= 4 is 44.1 Å². The Hall–Kier alpha value is -1.71. The van der Waals surface area contributed by atoms with Crippen LogP contribution < -0.4 is 4.72 Å². The van der Waals surface area contributed by atoms with Crippen molar-refractivity contribution in [3.63, 3.8) is 0 Å². The molecule has 0 fully saturated rings. The normalized spacial score (nSPS) is 11.3. The zero-order valence-corrected chi connectivity index (χ0v) is 12.6. The summed E-state index contributed by atoms with van der Waals surface area (Å²) >= 11 is 6.44. The summed E-state index contributed by atoms with van der Waals surface area (Å²) in [6, 6.07) is 3.59. The summed E-state index contributed by atoms with van der Waals surface area (Å²) in [5.74, 6) is -2.15. The Kier molecular flexibility index (Phi) is 4.45. The molecule has 0 aliphatic heterocycles. The second-order valence-electron chi connectivity index (χ2n) is 3.87. The third-order valence-corrected chi connectivity index (χ3v) is 4.90. The van der Waals surface area contributed by atoms with Crippen molar-refractivity contribution in [2.75, 3.05) is 4.72 Å². The smallest absolute Gasteiger partial charge is 0.309 e. The van der Waals surface area contributed by atoms with Gasteiger partial charge in [-0.25, -0.2) is 17.8 Å². The number of halogens is 2. The number of hydrogen-bond donors (Lipinski definition) is 2.